The summed E-state index contributed by atoms with van der Waals surface area (Å²) < 4.78 is 0. The summed E-state index contributed by atoms with van der Waals surface area (Å²) in [5.41, 5.74) is 0.923. The third-order valence-corrected chi connectivity index (χ3v) is 4.67. The van der Waals surface area contributed by atoms with Gasteiger partial charge in [-0.05, 0) is 18.9 Å². The molecule has 0 bridgehead atoms. The highest BCUT2D eigenvalue weighted by Crippen LogP contribution is 2.27. The molecule has 0 saturated carbocycles. The first kappa shape index (κ1) is 14.7. The number of para-hydroxylation sites is 1. The maximum Gasteiger partial charge on any atom is 0.254 e. The number of likely N-dealkylation sites (tertiary alicyclic amines) is 1. The molecule has 1 aliphatic heterocycles. The number of carbonyl (C=O) groups excluding carboxylic acids is 1. The van der Waals surface area contributed by atoms with E-state index in [1.54, 1.807) is 6.20 Å². The number of hydrogen-bond acceptors (Lipinski definition) is 3. The predicted molar refractivity (Wildman–Crippen MR) is 91.0 cm³/mol. The Hall–Kier alpha value is -2.89. The standard InChI is InChI=1S/C18H18N4O2/c23-16-11-14(13-3-1-2-4-15(13)21-16)18(24)22-9-5-12(6-10-22)17-19-7-8-20-17/h1-4,7-8,11-12H,5-6,9-10H2,(H,19,20)(H,21,23). The van der Waals surface area contributed by atoms with Crippen molar-refractivity contribution >= 4 is 16.8 Å². The number of benzene rings is 1. The van der Waals surface area contributed by atoms with Crippen molar-refractivity contribution in [2.24, 2.45) is 0 Å². The Labute approximate surface area is 138 Å². The van der Waals surface area contributed by atoms with Gasteiger partial charge in [0, 0.05) is 48.4 Å². The zero-order valence-corrected chi connectivity index (χ0v) is 13.2. The van der Waals surface area contributed by atoms with Gasteiger partial charge in [-0.1, -0.05) is 18.2 Å². The molecule has 0 atom stereocenters. The van der Waals surface area contributed by atoms with Crippen LogP contribution in [0.4, 0.5) is 0 Å². The zero-order valence-electron chi connectivity index (χ0n) is 13.2. The fourth-order valence-electron chi connectivity index (χ4n) is 3.41. The van der Waals surface area contributed by atoms with Gasteiger partial charge in [0.25, 0.3) is 5.91 Å². The van der Waals surface area contributed by atoms with Crippen molar-refractivity contribution in [2.75, 3.05) is 13.1 Å². The van der Waals surface area contributed by atoms with E-state index in [9.17, 15) is 9.59 Å². The molecule has 6 nitrogen and oxygen atoms in total. The summed E-state index contributed by atoms with van der Waals surface area (Å²) in [6.07, 6.45) is 5.34. The summed E-state index contributed by atoms with van der Waals surface area (Å²) in [5.74, 6) is 1.28. The van der Waals surface area contributed by atoms with Crippen LogP contribution in [-0.4, -0.2) is 38.8 Å². The number of hydrogen-bond donors (Lipinski definition) is 2. The van der Waals surface area contributed by atoms with Gasteiger partial charge in [0.1, 0.15) is 5.82 Å². The fourth-order valence-corrected chi connectivity index (χ4v) is 3.41. The minimum absolute atomic E-state index is 0.0739. The molecule has 0 unspecified atom stereocenters. The number of pyridine rings is 1. The summed E-state index contributed by atoms with van der Waals surface area (Å²) in [6.45, 7) is 1.34. The minimum Gasteiger partial charge on any atom is -0.348 e. The van der Waals surface area contributed by atoms with Gasteiger partial charge in [0.2, 0.25) is 5.56 Å². The van der Waals surface area contributed by atoms with Crippen molar-refractivity contribution in [1.29, 1.82) is 0 Å². The van der Waals surface area contributed by atoms with E-state index in [1.807, 2.05) is 35.4 Å². The molecule has 1 fully saturated rings. The summed E-state index contributed by atoms with van der Waals surface area (Å²) in [5, 5.41) is 0.787. The Kier molecular flexibility index (Phi) is 3.65. The van der Waals surface area contributed by atoms with E-state index in [1.165, 1.54) is 6.07 Å². The number of carbonyl (C=O) groups is 1. The van der Waals surface area contributed by atoms with Gasteiger partial charge in [-0.3, -0.25) is 9.59 Å². The first-order chi connectivity index (χ1) is 11.7. The maximum atomic E-state index is 12.9. The van der Waals surface area contributed by atoms with E-state index < -0.39 is 0 Å². The fraction of sp³-hybridized carbons (Fsp3) is 0.278. The molecule has 1 aliphatic rings. The predicted octanol–water partition coefficient (Wildman–Crippen LogP) is 2.27. The summed E-state index contributed by atoms with van der Waals surface area (Å²) in [4.78, 5) is 36.8. The number of imidazole rings is 1. The number of amides is 1. The molecule has 24 heavy (non-hydrogen) atoms. The van der Waals surface area contributed by atoms with E-state index in [-0.39, 0.29) is 11.5 Å². The molecular weight excluding hydrogens is 304 g/mol. The first-order valence-electron chi connectivity index (χ1n) is 8.13. The van der Waals surface area contributed by atoms with Gasteiger partial charge in [-0.15, -0.1) is 0 Å². The second-order valence-electron chi connectivity index (χ2n) is 6.13. The molecule has 0 spiro atoms. The Bertz CT molecular complexity index is 922. The highest BCUT2D eigenvalue weighted by Gasteiger charge is 2.26. The van der Waals surface area contributed by atoms with Crippen LogP contribution in [0.1, 0.15) is 34.9 Å². The summed E-state index contributed by atoms with van der Waals surface area (Å²) in [7, 11) is 0. The molecule has 4 rings (SSSR count). The third kappa shape index (κ3) is 2.60. The lowest BCUT2D eigenvalue weighted by atomic mass is 9.95. The van der Waals surface area contributed by atoms with Gasteiger partial charge in [-0.2, -0.15) is 0 Å². The second-order valence-corrected chi connectivity index (χ2v) is 6.13. The van der Waals surface area contributed by atoms with Crippen LogP contribution < -0.4 is 5.56 Å². The van der Waals surface area contributed by atoms with Crippen molar-refractivity contribution in [3.63, 3.8) is 0 Å². The highest BCUT2D eigenvalue weighted by atomic mass is 16.2. The normalized spacial score (nSPS) is 15.8. The average Bonchev–Trinajstić information content (AvgIpc) is 3.15. The van der Waals surface area contributed by atoms with E-state index in [2.05, 4.69) is 15.0 Å². The van der Waals surface area contributed by atoms with E-state index in [4.69, 9.17) is 0 Å². The molecular formula is C18H18N4O2. The quantitative estimate of drug-likeness (QED) is 0.759. The topological polar surface area (TPSA) is 81.8 Å². The number of H-pyrrole nitrogens is 2. The molecule has 1 amide bonds. The molecule has 0 radical (unpaired) electrons. The SMILES string of the molecule is O=C(c1cc(=O)[nH]c2ccccc12)N1CCC(c2ncc[nH]2)CC1. The molecule has 3 heterocycles. The lowest BCUT2D eigenvalue weighted by Crippen LogP contribution is -2.38. The highest BCUT2D eigenvalue weighted by molar-refractivity contribution is 6.05. The van der Waals surface area contributed by atoms with Gasteiger partial charge in [-0.25, -0.2) is 4.98 Å². The number of rotatable bonds is 2. The van der Waals surface area contributed by atoms with Gasteiger partial charge >= 0.3 is 0 Å². The van der Waals surface area contributed by atoms with Crippen molar-refractivity contribution in [1.82, 2.24) is 19.9 Å². The molecule has 1 aromatic carbocycles. The molecule has 2 aromatic heterocycles. The molecule has 6 heteroatoms. The lowest BCUT2D eigenvalue weighted by Gasteiger charge is -2.31. The molecule has 1 saturated heterocycles. The Morgan fingerprint density at radius 1 is 1.21 bits per heavy atom. The minimum atomic E-state index is -0.248. The number of piperidine rings is 1. The number of nitrogens with zero attached hydrogens (tertiary/aromatic N) is 2. The van der Waals surface area contributed by atoms with E-state index >= 15 is 0 Å². The van der Waals surface area contributed by atoms with Crippen LogP contribution in [0.3, 0.4) is 0 Å². The lowest BCUT2D eigenvalue weighted by molar-refractivity contribution is 0.0713. The Morgan fingerprint density at radius 2 is 2.00 bits per heavy atom. The first-order valence-corrected chi connectivity index (χ1v) is 8.13. The monoisotopic (exact) mass is 322 g/mol. The van der Waals surface area contributed by atoms with Crippen molar-refractivity contribution in [3.05, 3.63) is 64.5 Å². The van der Waals surface area contributed by atoms with Crippen molar-refractivity contribution < 1.29 is 4.79 Å². The molecule has 3 aromatic rings. The molecule has 0 aliphatic carbocycles. The van der Waals surface area contributed by atoms with Crippen LogP contribution in [0.25, 0.3) is 10.9 Å². The van der Waals surface area contributed by atoms with Crippen molar-refractivity contribution in [3.8, 4) is 0 Å². The third-order valence-electron chi connectivity index (χ3n) is 4.67. The summed E-state index contributed by atoms with van der Waals surface area (Å²) in [6, 6.07) is 8.82. The van der Waals surface area contributed by atoms with E-state index in [0.717, 1.165) is 24.1 Å². The Morgan fingerprint density at radius 3 is 2.75 bits per heavy atom. The maximum absolute atomic E-state index is 12.9. The van der Waals surface area contributed by atoms with Crippen molar-refractivity contribution in [2.45, 2.75) is 18.8 Å². The summed E-state index contributed by atoms with van der Waals surface area (Å²) >= 11 is 0. The number of fused-ring (bicyclic) bond motifs is 1. The van der Waals surface area contributed by atoms with Crippen LogP contribution in [0.2, 0.25) is 0 Å². The number of nitrogens with one attached hydrogen (secondary N) is 2. The average molecular weight is 322 g/mol. The smallest absolute Gasteiger partial charge is 0.254 e. The number of aromatic nitrogens is 3. The van der Waals surface area contributed by atoms with Gasteiger partial charge < -0.3 is 14.9 Å². The van der Waals surface area contributed by atoms with Gasteiger partial charge in [0.15, 0.2) is 0 Å². The van der Waals surface area contributed by atoms with Crippen LogP contribution in [0.5, 0.6) is 0 Å². The zero-order chi connectivity index (χ0) is 16.5. The van der Waals surface area contributed by atoms with Gasteiger partial charge in [0.05, 0.1) is 5.56 Å². The van der Waals surface area contributed by atoms with Crippen LogP contribution in [0.15, 0.2) is 47.5 Å². The van der Waals surface area contributed by atoms with Crippen LogP contribution >= 0.6 is 0 Å². The Balaban J connectivity index is 1.58. The van der Waals surface area contributed by atoms with E-state index in [0.29, 0.717) is 30.1 Å². The molecule has 2 N–H and O–H groups in total. The largest absolute Gasteiger partial charge is 0.348 e. The van der Waals surface area contributed by atoms with Crippen LogP contribution in [-0.2, 0) is 0 Å². The molecule has 122 valence electrons. The second kappa shape index (κ2) is 5.96. The van der Waals surface area contributed by atoms with Crippen LogP contribution in [0, 0.1) is 0 Å². The number of aromatic amines is 2.